The number of hydrogen-bond donors (Lipinski definition) is 3. The number of rotatable bonds is 4. The lowest BCUT2D eigenvalue weighted by molar-refractivity contribution is -0.121. The Morgan fingerprint density at radius 3 is 2.58 bits per heavy atom. The van der Waals surface area contributed by atoms with Crippen molar-refractivity contribution in [3.63, 3.8) is 0 Å². The molecular weight excluding hydrogens is 366 g/mol. The summed E-state index contributed by atoms with van der Waals surface area (Å²) in [5, 5.41) is 4.98. The molecule has 3 N–H and O–H groups in total. The van der Waals surface area contributed by atoms with Crippen LogP contribution < -0.4 is 16.2 Å². The van der Waals surface area contributed by atoms with Crippen molar-refractivity contribution in [3.8, 4) is 0 Å². The normalized spacial score (nSPS) is 10.4. The summed E-state index contributed by atoms with van der Waals surface area (Å²) in [6, 6.07) is 10.7. The van der Waals surface area contributed by atoms with Gasteiger partial charge in [-0.3, -0.25) is 25.8 Å². The zero-order valence-electron chi connectivity index (χ0n) is 12.4. The van der Waals surface area contributed by atoms with Crippen LogP contribution in [0, 0.1) is 0 Å². The number of hydrazine groups is 1. The van der Waals surface area contributed by atoms with Crippen molar-refractivity contribution in [2.75, 3.05) is 0 Å². The van der Waals surface area contributed by atoms with Crippen LogP contribution in [0.25, 0.3) is 6.08 Å². The predicted octanol–water partition coefficient (Wildman–Crippen LogP) is 2.68. The number of halogens is 1. The van der Waals surface area contributed by atoms with Crippen LogP contribution in [0.3, 0.4) is 0 Å². The molecule has 0 radical (unpaired) electrons. The Hall–Kier alpha value is -2.22. The molecular formula is C16H14ClN3O2S2. The summed E-state index contributed by atoms with van der Waals surface area (Å²) in [5.41, 5.74) is 5.71. The van der Waals surface area contributed by atoms with Crippen LogP contribution in [0.1, 0.15) is 10.4 Å². The van der Waals surface area contributed by atoms with Crippen molar-refractivity contribution in [1.82, 2.24) is 16.2 Å². The average molecular weight is 380 g/mol. The van der Waals surface area contributed by atoms with E-state index in [0.29, 0.717) is 5.02 Å². The monoisotopic (exact) mass is 379 g/mol. The Balaban J connectivity index is 1.71. The van der Waals surface area contributed by atoms with Gasteiger partial charge in [-0.1, -0.05) is 29.8 Å². The highest BCUT2D eigenvalue weighted by Gasteiger charge is 2.05. The Kier molecular flexibility index (Phi) is 6.92. The summed E-state index contributed by atoms with van der Waals surface area (Å²) >= 11 is 12.2. The van der Waals surface area contributed by atoms with Gasteiger partial charge in [0.2, 0.25) is 11.8 Å². The molecule has 0 atom stereocenters. The van der Waals surface area contributed by atoms with E-state index in [9.17, 15) is 9.59 Å². The number of benzene rings is 1. The molecule has 1 aromatic heterocycles. The van der Waals surface area contributed by atoms with Crippen LogP contribution >= 0.6 is 35.2 Å². The quantitative estimate of drug-likeness (QED) is 0.434. The van der Waals surface area contributed by atoms with E-state index >= 15 is 0 Å². The Bertz CT molecular complexity index is 743. The standard InChI is InChI=1S/C16H14ClN3O2S2/c17-12-5-3-11(4-6-12)10-15(22)19-20-16(23)18-14(21)8-7-13-2-1-9-24-13/h1-9H,10H2,(H,19,22)(H2,18,20,21,23). The molecule has 0 fully saturated rings. The van der Waals surface area contributed by atoms with E-state index in [1.807, 2.05) is 17.5 Å². The molecule has 0 unspecified atom stereocenters. The lowest BCUT2D eigenvalue weighted by Gasteiger charge is -2.09. The third-order valence-corrected chi connectivity index (χ3v) is 4.07. The molecule has 2 amide bonds. The van der Waals surface area contributed by atoms with Crippen LogP contribution in [0.15, 0.2) is 47.9 Å². The third kappa shape index (κ3) is 6.49. The van der Waals surface area contributed by atoms with Gasteiger partial charge in [0.1, 0.15) is 0 Å². The van der Waals surface area contributed by atoms with E-state index in [4.69, 9.17) is 23.8 Å². The van der Waals surface area contributed by atoms with Crippen molar-refractivity contribution in [1.29, 1.82) is 0 Å². The molecule has 8 heteroatoms. The maximum atomic E-state index is 11.8. The van der Waals surface area contributed by atoms with Gasteiger partial charge in [-0.05, 0) is 47.4 Å². The summed E-state index contributed by atoms with van der Waals surface area (Å²) in [6.45, 7) is 0. The summed E-state index contributed by atoms with van der Waals surface area (Å²) in [6.07, 6.45) is 3.22. The number of carbonyl (C=O) groups excluding carboxylic acids is 2. The predicted molar refractivity (Wildman–Crippen MR) is 101 cm³/mol. The Morgan fingerprint density at radius 2 is 1.92 bits per heavy atom. The molecule has 124 valence electrons. The molecule has 1 heterocycles. The maximum absolute atomic E-state index is 11.8. The van der Waals surface area contributed by atoms with Crippen molar-refractivity contribution < 1.29 is 9.59 Å². The molecule has 0 aliphatic rings. The van der Waals surface area contributed by atoms with Gasteiger partial charge in [0.05, 0.1) is 6.42 Å². The van der Waals surface area contributed by atoms with Crippen LogP contribution in [-0.4, -0.2) is 16.9 Å². The van der Waals surface area contributed by atoms with E-state index in [2.05, 4.69) is 16.2 Å². The number of nitrogens with one attached hydrogen (secondary N) is 3. The second-order valence-corrected chi connectivity index (χ2v) is 6.47. The van der Waals surface area contributed by atoms with Crippen LogP contribution in [0.5, 0.6) is 0 Å². The Morgan fingerprint density at radius 1 is 1.17 bits per heavy atom. The molecule has 2 rings (SSSR count). The fourth-order valence-electron chi connectivity index (χ4n) is 1.69. The third-order valence-electron chi connectivity index (χ3n) is 2.77. The minimum atomic E-state index is -0.382. The lowest BCUT2D eigenvalue weighted by atomic mass is 10.1. The Labute approximate surface area is 153 Å². The van der Waals surface area contributed by atoms with Crippen LogP contribution in [0.4, 0.5) is 0 Å². The minimum Gasteiger partial charge on any atom is -0.298 e. The van der Waals surface area contributed by atoms with Crippen molar-refractivity contribution in [3.05, 3.63) is 63.3 Å². The van der Waals surface area contributed by atoms with E-state index in [0.717, 1.165) is 10.4 Å². The highest BCUT2D eigenvalue weighted by Crippen LogP contribution is 2.10. The maximum Gasteiger partial charge on any atom is 0.250 e. The van der Waals surface area contributed by atoms with Gasteiger partial charge < -0.3 is 0 Å². The molecule has 0 aliphatic heterocycles. The van der Waals surface area contributed by atoms with Gasteiger partial charge >= 0.3 is 0 Å². The molecule has 5 nitrogen and oxygen atoms in total. The van der Waals surface area contributed by atoms with Crippen molar-refractivity contribution in [2.24, 2.45) is 0 Å². The van der Waals surface area contributed by atoms with E-state index < -0.39 is 0 Å². The summed E-state index contributed by atoms with van der Waals surface area (Å²) < 4.78 is 0. The molecule has 0 saturated carbocycles. The highest BCUT2D eigenvalue weighted by molar-refractivity contribution is 7.80. The average Bonchev–Trinajstić information content (AvgIpc) is 3.07. The first kappa shape index (κ1) is 18.1. The summed E-state index contributed by atoms with van der Waals surface area (Å²) in [7, 11) is 0. The number of thiophene rings is 1. The molecule has 0 aliphatic carbocycles. The second kappa shape index (κ2) is 9.17. The summed E-state index contributed by atoms with van der Waals surface area (Å²) in [5.74, 6) is -0.670. The zero-order valence-corrected chi connectivity index (χ0v) is 14.8. The first-order valence-corrected chi connectivity index (χ1v) is 8.55. The second-order valence-electron chi connectivity index (χ2n) is 4.64. The topological polar surface area (TPSA) is 70.2 Å². The zero-order chi connectivity index (χ0) is 17.4. The van der Waals surface area contributed by atoms with Gasteiger partial charge in [0.15, 0.2) is 5.11 Å². The van der Waals surface area contributed by atoms with Gasteiger partial charge in [0.25, 0.3) is 0 Å². The molecule has 24 heavy (non-hydrogen) atoms. The van der Waals surface area contributed by atoms with Crippen LogP contribution in [0.2, 0.25) is 5.02 Å². The molecule has 0 spiro atoms. The number of thiocarbonyl (C=S) groups is 1. The first-order chi connectivity index (χ1) is 11.5. The van der Waals surface area contributed by atoms with Gasteiger partial charge in [-0.25, -0.2) is 0 Å². The number of carbonyl (C=O) groups is 2. The van der Waals surface area contributed by atoms with E-state index in [1.165, 1.54) is 17.4 Å². The van der Waals surface area contributed by atoms with Gasteiger partial charge in [-0.15, -0.1) is 11.3 Å². The van der Waals surface area contributed by atoms with E-state index in [-0.39, 0.29) is 23.3 Å². The molecule has 1 aromatic carbocycles. The fourth-order valence-corrected chi connectivity index (χ4v) is 2.58. The van der Waals surface area contributed by atoms with Gasteiger partial charge in [-0.2, -0.15) is 0 Å². The van der Waals surface area contributed by atoms with Gasteiger partial charge in [0, 0.05) is 16.0 Å². The lowest BCUT2D eigenvalue weighted by Crippen LogP contribution is -2.48. The summed E-state index contributed by atoms with van der Waals surface area (Å²) in [4.78, 5) is 24.4. The minimum absolute atomic E-state index is 0.0142. The SMILES string of the molecule is O=C(C=Cc1cccs1)NC(=S)NNC(=O)Cc1ccc(Cl)cc1. The first-order valence-electron chi connectivity index (χ1n) is 6.89. The smallest absolute Gasteiger partial charge is 0.250 e. The van der Waals surface area contributed by atoms with Crippen molar-refractivity contribution >= 4 is 58.2 Å². The molecule has 0 bridgehead atoms. The van der Waals surface area contributed by atoms with Crippen LogP contribution in [-0.2, 0) is 16.0 Å². The fraction of sp³-hybridized carbons (Fsp3) is 0.0625. The highest BCUT2D eigenvalue weighted by atomic mass is 35.5. The number of amides is 2. The van der Waals surface area contributed by atoms with Crippen molar-refractivity contribution in [2.45, 2.75) is 6.42 Å². The molecule has 0 saturated heterocycles. The largest absolute Gasteiger partial charge is 0.298 e. The van der Waals surface area contributed by atoms with E-state index in [1.54, 1.807) is 30.3 Å². The number of hydrogen-bond acceptors (Lipinski definition) is 4. The molecule has 2 aromatic rings.